The zero-order valence-electron chi connectivity index (χ0n) is 17.3. The van der Waals surface area contributed by atoms with Crippen LogP contribution >= 0.6 is 0 Å². The Balaban J connectivity index is 1.78. The molecule has 0 saturated heterocycles. The van der Waals surface area contributed by atoms with E-state index in [0.717, 1.165) is 44.9 Å². The lowest BCUT2D eigenvalue weighted by atomic mass is 9.85. The number of hydrogen-bond acceptors (Lipinski definition) is 5. The molecule has 1 aliphatic rings. The average molecular weight is 408 g/mol. The summed E-state index contributed by atoms with van der Waals surface area (Å²) in [5.41, 5.74) is 0. The number of imidazole rings is 1. The van der Waals surface area contributed by atoms with E-state index in [1.54, 1.807) is 12.4 Å². The van der Waals surface area contributed by atoms with E-state index in [9.17, 15) is 19.5 Å². The van der Waals surface area contributed by atoms with Gasteiger partial charge in [-0.2, -0.15) is 0 Å². The van der Waals surface area contributed by atoms with Crippen LogP contribution in [-0.2, 0) is 14.3 Å². The van der Waals surface area contributed by atoms with Crippen molar-refractivity contribution in [3.05, 3.63) is 18.7 Å². The second-order valence-corrected chi connectivity index (χ2v) is 7.61. The Morgan fingerprint density at radius 1 is 1.10 bits per heavy atom. The van der Waals surface area contributed by atoms with Gasteiger partial charge in [0.15, 0.2) is 0 Å². The van der Waals surface area contributed by atoms with E-state index in [2.05, 4.69) is 4.98 Å². The van der Waals surface area contributed by atoms with Crippen LogP contribution in [0.15, 0.2) is 18.7 Å². The number of ether oxygens (including phenoxy) is 1. The highest BCUT2D eigenvalue weighted by Crippen LogP contribution is 2.28. The zero-order chi connectivity index (χ0) is 21.1. The molecule has 0 unspecified atom stereocenters. The first-order chi connectivity index (χ1) is 14.0. The van der Waals surface area contributed by atoms with E-state index >= 15 is 0 Å². The Morgan fingerprint density at radius 2 is 1.79 bits per heavy atom. The summed E-state index contributed by atoms with van der Waals surface area (Å²) in [5.74, 6) is -1.17. The predicted molar refractivity (Wildman–Crippen MR) is 107 cm³/mol. The largest absolute Gasteiger partial charge is 0.481 e. The number of carbonyl (C=O) groups is 3. The van der Waals surface area contributed by atoms with E-state index in [1.165, 1.54) is 10.9 Å². The lowest BCUT2D eigenvalue weighted by Crippen LogP contribution is -2.45. The number of esters is 1. The quantitative estimate of drug-likeness (QED) is 0.443. The van der Waals surface area contributed by atoms with Crippen LogP contribution in [0.4, 0.5) is 4.79 Å². The predicted octanol–water partition coefficient (Wildman–Crippen LogP) is 3.70. The molecular weight excluding hydrogens is 374 g/mol. The normalized spacial score (nSPS) is 18.9. The van der Waals surface area contributed by atoms with Crippen molar-refractivity contribution >= 4 is 18.0 Å². The molecule has 29 heavy (non-hydrogen) atoms. The first-order valence-electron chi connectivity index (χ1n) is 10.7. The number of carboxylic acid groups (broad SMARTS) is 1. The Morgan fingerprint density at radius 3 is 2.41 bits per heavy atom. The number of unbranched alkanes of at least 4 members (excludes halogenated alkanes) is 4. The molecule has 0 aromatic carbocycles. The first-order valence-corrected chi connectivity index (χ1v) is 10.7. The van der Waals surface area contributed by atoms with E-state index in [1.807, 2.05) is 11.8 Å². The number of carboxylic acids is 1. The van der Waals surface area contributed by atoms with Gasteiger partial charge in [0.1, 0.15) is 6.33 Å². The zero-order valence-corrected chi connectivity index (χ0v) is 17.3. The molecule has 0 radical (unpaired) electrons. The van der Waals surface area contributed by atoms with Crippen LogP contribution in [0.3, 0.4) is 0 Å². The molecule has 8 nitrogen and oxygen atoms in total. The second-order valence-electron chi connectivity index (χ2n) is 7.61. The van der Waals surface area contributed by atoms with Crippen LogP contribution in [0.25, 0.3) is 0 Å². The highest BCUT2D eigenvalue weighted by Gasteiger charge is 2.31. The molecule has 1 aromatic heterocycles. The molecule has 0 spiro atoms. The van der Waals surface area contributed by atoms with Crippen molar-refractivity contribution in [1.29, 1.82) is 0 Å². The Labute approximate surface area is 172 Å². The van der Waals surface area contributed by atoms with Crippen LogP contribution in [0.5, 0.6) is 0 Å². The van der Waals surface area contributed by atoms with Gasteiger partial charge in [-0.25, -0.2) is 9.78 Å². The van der Waals surface area contributed by atoms with Gasteiger partial charge in [0.25, 0.3) is 0 Å². The van der Waals surface area contributed by atoms with Crippen molar-refractivity contribution in [3.63, 3.8) is 0 Å². The van der Waals surface area contributed by atoms with Crippen molar-refractivity contribution in [3.8, 4) is 0 Å². The lowest BCUT2D eigenvalue weighted by molar-refractivity contribution is -0.144. The molecule has 0 atom stereocenters. The molecule has 1 saturated carbocycles. The number of amides is 1. The van der Waals surface area contributed by atoms with Gasteiger partial charge in [0, 0.05) is 31.4 Å². The Bertz CT molecular complexity index is 639. The summed E-state index contributed by atoms with van der Waals surface area (Å²) in [6.45, 7) is 2.88. The number of aliphatic carboxylic acids is 1. The first kappa shape index (κ1) is 22.9. The lowest BCUT2D eigenvalue weighted by Gasteiger charge is -2.36. The highest BCUT2D eigenvalue weighted by molar-refractivity contribution is 5.77. The van der Waals surface area contributed by atoms with Gasteiger partial charge in [-0.3, -0.25) is 14.2 Å². The van der Waals surface area contributed by atoms with Gasteiger partial charge in [-0.15, -0.1) is 0 Å². The van der Waals surface area contributed by atoms with Crippen LogP contribution < -0.4 is 0 Å². The summed E-state index contributed by atoms with van der Waals surface area (Å²) in [7, 11) is 0. The SMILES string of the molecule is CCOC(=O)CCCCCCCN(C(=O)n1ccnc1)C1CCC(C(=O)O)CC1. The summed E-state index contributed by atoms with van der Waals surface area (Å²) in [5, 5.41) is 9.21. The average Bonchev–Trinajstić information content (AvgIpc) is 3.25. The maximum Gasteiger partial charge on any atom is 0.329 e. The van der Waals surface area contributed by atoms with Crippen molar-refractivity contribution < 1.29 is 24.2 Å². The number of hydrogen-bond donors (Lipinski definition) is 1. The second kappa shape index (κ2) is 12.2. The van der Waals surface area contributed by atoms with Crippen LogP contribution in [0, 0.1) is 5.92 Å². The monoisotopic (exact) mass is 407 g/mol. The summed E-state index contributed by atoms with van der Waals surface area (Å²) in [4.78, 5) is 41.3. The van der Waals surface area contributed by atoms with E-state index in [-0.39, 0.29) is 24.0 Å². The number of aromatic nitrogens is 2. The van der Waals surface area contributed by atoms with Gasteiger partial charge in [-0.05, 0) is 45.4 Å². The van der Waals surface area contributed by atoms with Crippen LogP contribution in [0.2, 0.25) is 0 Å². The number of nitrogens with zero attached hydrogens (tertiary/aromatic N) is 3. The fourth-order valence-corrected chi connectivity index (χ4v) is 3.90. The van der Waals surface area contributed by atoms with Crippen molar-refractivity contribution in [2.45, 2.75) is 77.2 Å². The maximum atomic E-state index is 12.9. The van der Waals surface area contributed by atoms with Crippen LogP contribution in [0.1, 0.15) is 71.1 Å². The maximum absolute atomic E-state index is 12.9. The van der Waals surface area contributed by atoms with Gasteiger partial charge in [0.2, 0.25) is 0 Å². The molecule has 0 bridgehead atoms. The molecule has 1 amide bonds. The smallest absolute Gasteiger partial charge is 0.329 e. The van der Waals surface area contributed by atoms with Gasteiger partial charge in [0.05, 0.1) is 12.5 Å². The van der Waals surface area contributed by atoms with E-state index in [0.29, 0.717) is 32.4 Å². The third-order valence-electron chi connectivity index (χ3n) is 5.54. The topological polar surface area (TPSA) is 102 Å². The van der Waals surface area contributed by atoms with Crippen molar-refractivity contribution in [2.75, 3.05) is 13.2 Å². The summed E-state index contributed by atoms with van der Waals surface area (Å²) >= 11 is 0. The summed E-state index contributed by atoms with van der Waals surface area (Å²) < 4.78 is 6.41. The molecule has 1 aliphatic carbocycles. The van der Waals surface area contributed by atoms with E-state index in [4.69, 9.17) is 4.74 Å². The Hall–Kier alpha value is -2.38. The molecule has 1 heterocycles. The van der Waals surface area contributed by atoms with Gasteiger partial charge >= 0.3 is 18.0 Å². The van der Waals surface area contributed by atoms with Gasteiger partial charge in [-0.1, -0.05) is 19.3 Å². The van der Waals surface area contributed by atoms with E-state index < -0.39 is 5.97 Å². The van der Waals surface area contributed by atoms with Crippen LogP contribution in [-0.4, -0.2) is 56.7 Å². The third-order valence-corrected chi connectivity index (χ3v) is 5.54. The standard InChI is InChI=1S/C21H33N3O5/c1-2-29-19(25)8-6-4-3-5-7-14-24(21(28)23-15-13-22-16-23)18-11-9-17(10-12-18)20(26)27/h13,15-18H,2-12,14H2,1H3,(H,26,27). The molecular formula is C21H33N3O5. The number of rotatable bonds is 11. The fraction of sp³-hybridized carbons (Fsp3) is 0.714. The minimum atomic E-state index is -0.737. The summed E-state index contributed by atoms with van der Waals surface area (Å²) in [6, 6.07) is -0.0205. The van der Waals surface area contributed by atoms with Crippen molar-refractivity contribution in [1.82, 2.24) is 14.5 Å². The molecule has 8 heteroatoms. The Kier molecular flexibility index (Phi) is 9.67. The molecule has 1 aromatic rings. The molecule has 1 N–H and O–H groups in total. The highest BCUT2D eigenvalue weighted by atomic mass is 16.5. The minimum Gasteiger partial charge on any atom is -0.481 e. The minimum absolute atomic E-state index is 0.0734. The molecule has 1 fully saturated rings. The molecule has 2 rings (SSSR count). The third kappa shape index (κ3) is 7.51. The molecule has 162 valence electrons. The van der Waals surface area contributed by atoms with Crippen molar-refractivity contribution in [2.24, 2.45) is 5.92 Å². The number of carbonyl (C=O) groups excluding carboxylic acids is 2. The molecule has 0 aliphatic heterocycles. The summed E-state index contributed by atoms with van der Waals surface area (Å²) in [6.07, 6.45) is 12.6. The fourth-order valence-electron chi connectivity index (χ4n) is 3.90. The van der Waals surface area contributed by atoms with Gasteiger partial charge < -0.3 is 14.7 Å².